The average Bonchev–Trinajstić information content (AvgIpc) is 2.56. The number of carbonyl (C=O) groups excluding carboxylic acids is 2. The van der Waals surface area contributed by atoms with Gasteiger partial charge in [0.25, 0.3) is 0 Å². The molecule has 12 heavy (non-hydrogen) atoms. The van der Waals surface area contributed by atoms with E-state index in [4.69, 9.17) is 0 Å². The molecule has 1 aliphatic rings. The molecule has 1 aromatic heterocycles. The van der Waals surface area contributed by atoms with Gasteiger partial charge in [0.2, 0.25) is 0 Å². The van der Waals surface area contributed by atoms with Gasteiger partial charge in [-0.05, 0) is 15.9 Å². The van der Waals surface area contributed by atoms with Crippen molar-refractivity contribution in [1.82, 2.24) is 0 Å². The minimum Gasteiger partial charge on any atom is -0.375 e. The molecule has 0 spiro atoms. The number of fused-ring (bicyclic) bond motifs is 1. The number of halogens is 1. The SMILES string of the molecule is O=Cc1sc(Br)c2c1C(=O)CN2. The zero-order valence-corrected chi connectivity index (χ0v) is 8.29. The minimum atomic E-state index is -0.00551. The van der Waals surface area contributed by atoms with E-state index in [-0.39, 0.29) is 5.78 Å². The first kappa shape index (κ1) is 7.94. The molecule has 0 radical (unpaired) electrons. The van der Waals surface area contributed by atoms with Crippen LogP contribution in [0, 0.1) is 0 Å². The Morgan fingerprint density at radius 2 is 2.33 bits per heavy atom. The molecule has 0 bridgehead atoms. The topological polar surface area (TPSA) is 46.2 Å². The van der Waals surface area contributed by atoms with Crippen molar-refractivity contribution in [3.63, 3.8) is 0 Å². The fourth-order valence-corrected chi connectivity index (χ4v) is 2.89. The second-order valence-electron chi connectivity index (χ2n) is 2.38. The predicted molar refractivity (Wildman–Crippen MR) is 50.2 cm³/mol. The first-order chi connectivity index (χ1) is 5.74. The summed E-state index contributed by atoms with van der Waals surface area (Å²) >= 11 is 4.57. The molecule has 1 aromatic rings. The Kier molecular flexibility index (Phi) is 1.77. The molecule has 0 atom stereocenters. The smallest absolute Gasteiger partial charge is 0.185 e. The molecule has 1 N–H and O–H groups in total. The Labute approximate surface area is 80.9 Å². The molecule has 3 nitrogen and oxygen atoms in total. The molecule has 0 fully saturated rings. The van der Waals surface area contributed by atoms with Crippen molar-refractivity contribution in [2.75, 3.05) is 11.9 Å². The van der Waals surface area contributed by atoms with Gasteiger partial charge in [-0.15, -0.1) is 11.3 Å². The van der Waals surface area contributed by atoms with Crippen LogP contribution >= 0.6 is 27.3 Å². The molecule has 0 aromatic carbocycles. The summed E-state index contributed by atoms with van der Waals surface area (Å²) in [5.74, 6) is -0.00551. The quantitative estimate of drug-likeness (QED) is 0.770. The van der Waals surface area contributed by atoms with Gasteiger partial charge in [-0.1, -0.05) is 0 Å². The number of rotatable bonds is 1. The van der Waals surface area contributed by atoms with Gasteiger partial charge in [-0.25, -0.2) is 0 Å². The summed E-state index contributed by atoms with van der Waals surface area (Å²) in [6.07, 6.45) is 0.721. The van der Waals surface area contributed by atoms with E-state index in [2.05, 4.69) is 21.2 Å². The lowest BCUT2D eigenvalue weighted by Gasteiger charge is -1.89. The van der Waals surface area contributed by atoms with Crippen LogP contribution in [0.2, 0.25) is 0 Å². The molecule has 62 valence electrons. The highest BCUT2D eigenvalue weighted by Gasteiger charge is 2.27. The number of aldehydes is 1. The summed E-state index contributed by atoms with van der Waals surface area (Å²) in [6.45, 7) is 0.303. The Hall–Kier alpha value is -0.680. The summed E-state index contributed by atoms with van der Waals surface area (Å²) < 4.78 is 0.824. The third-order valence-corrected chi connectivity index (χ3v) is 3.49. The second-order valence-corrected chi connectivity index (χ2v) is 4.75. The lowest BCUT2D eigenvalue weighted by molar-refractivity contribution is 0.101. The van der Waals surface area contributed by atoms with Crippen molar-refractivity contribution in [3.8, 4) is 0 Å². The molecule has 0 aliphatic carbocycles. The van der Waals surface area contributed by atoms with E-state index in [9.17, 15) is 9.59 Å². The lowest BCUT2D eigenvalue weighted by Crippen LogP contribution is -2.02. The van der Waals surface area contributed by atoms with Crippen LogP contribution in [0.1, 0.15) is 20.0 Å². The zero-order valence-electron chi connectivity index (χ0n) is 5.89. The monoisotopic (exact) mass is 245 g/mol. The normalized spacial score (nSPS) is 14.2. The molecule has 0 saturated heterocycles. The maximum Gasteiger partial charge on any atom is 0.185 e. The number of anilines is 1. The second kappa shape index (κ2) is 2.67. The maximum absolute atomic E-state index is 11.2. The number of carbonyl (C=O) groups is 2. The maximum atomic E-state index is 11.2. The summed E-state index contributed by atoms with van der Waals surface area (Å²) in [7, 11) is 0. The molecule has 0 unspecified atom stereocenters. The molecule has 5 heteroatoms. The highest BCUT2D eigenvalue weighted by molar-refractivity contribution is 9.11. The van der Waals surface area contributed by atoms with Gasteiger partial charge in [0, 0.05) is 0 Å². The van der Waals surface area contributed by atoms with E-state index < -0.39 is 0 Å². The van der Waals surface area contributed by atoms with Crippen LogP contribution in [0.3, 0.4) is 0 Å². The van der Waals surface area contributed by atoms with Crippen molar-refractivity contribution < 1.29 is 9.59 Å². The van der Waals surface area contributed by atoms with E-state index in [0.29, 0.717) is 17.0 Å². The van der Waals surface area contributed by atoms with Crippen LogP contribution in [-0.2, 0) is 0 Å². The van der Waals surface area contributed by atoms with Crippen LogP contribution in [0.25, 0.3) is 0 Å². The van der Waals surface area contributed by atoms with E-state index in [1.165, 1.54) is 11.3 Å². The fourth-order valence-electron chi connectivity index (χ4n) is 1.19. The first-order valence-corrected chi connectivity index (χ1v) is 4.89. The van der Waals surface area contributed by atoms with E-state index in [1.807, 2.05) is 0 Å². The number of hydrogen-bond donors (Lipinski definition) is 1. The standard InChI is InChI=1S/C7H4BrNO2S/c8-7-6-5(3(11)1-9-6)4(2-10)12-7/h2,9H,1H2. The largest absolute Gasteiger partial charge is 0.375 e. The Morgan fingerprint density at radius 3 is 3.00 bits per heavy atom. The van der Waals surface area contributed by atoms with Gasteiger partial charge < -0.3 is 5.32 Å². The van der Waals surface area contributed by atoms with Crippen molar-refractivity contribution in [1.29, 1.82) is 0 Å². The van der Waals surface area contributed by atoms with Crippen molar-refractivity contribution >= 4 is 45.0 Å². The molecular formula is C7H4BrNO2S. The van der Waals surface area contributed by atoms with Crippen LogP contribution in [0.15, 0.2) is 3.79 Å². The van der Waals surface area contributed by atoms with Crippen molar-refractivity contribution in [2.24, 2.45) is 0 Å². The number of nitrogens with one attached hydrogen (secondary N) is 1. The molecule has 2 heterocycles. The molecule has 0 saturated carbocycles. The van der Waals surface area contributed by atoms with Crippen LogP contribution in [0.5, 0.6) is 0 Å². The van der Waals surface area contributed by atoms with Gasteiger partial charge in [0.15, 0.2) is 12.1 Å². The average molecular weight is 246 g/mol. The van der Waals surface area contributed by atoms with Crippen LogP contribution in [0.4, 0.5) is 5.69 Å². The minimum absolute atomic E-state index is 0.00551. The van der Waals surface area contributed by atoms with E-state index in [0.717, 1.165) is 15.8 Å². The van der Waals surface area contributed by atoms with Crippen LogP contribution in [-0.4, -0.2) is 18.6 Å². The predicted octanol–water partition coefficient (Wildman–Crippen LogP) is 1.93. The molecule has 0 amide bonds. The third-order valence-electron chi connectivity index (χ3n) is 1.70. The van der Waals surface area contributed by atoms with Gasteiger partial charge in [0.1, 0.15) is 0 Å². The summed E-state index contributed by atoms with van der Waals surface area (Å²) in [5, 5.41) is 2.93. The van der Waals surface area contributed by atoms with E-state index >= 15 is 0 Å². The highest BCUT2D eigenvalue weighted by atomic mass is 79.9. The molecule has 2 rings (SSSR count). The van der Waals surface area contributed by atoms with Crippen molar-refractivity contribution in [2.45, 2.75) is 0 Å². The lowest BCUT2D eigenvalue weighted by atomic mass is 10.2. The van der Waals surface area contributed by atoms with Crippen LogP contribution < -0.4 is 5.32 Å². The highest BCUT2D eigenvalue weighted by Crippen LogP contribution is 2.39. The Balaban J connectivity index is 2.69. The third kappa shape index (κ3) is 0.931. The fraction of sp³-hybridized carbons (Fsp3) is 0.143. The van der Waals surface area contributed by atoms with Gasteiger partial charge >= 0.3 is 0 Å². The summed E-state index contributed by atoms with van der Waals surface area (Å²) in [4.78, 5) is 22.3. The summed E-state index contributed by atoms with van der Waals surface area (Å²) in [5.41, 5.74) is 1.31. The first-order valence-electron chi connectivity index (χ1n) is 3.28. The summed E-state index contributed by atoms with van der Waals surface area (Å²) in [6, 6.07) is 0. The molecular weight excluding hydrogens is 242 g/mol. The Bertz CT molecular complexity index is 372. The molecule has 1 aliphatic heterocycles. The zero-order chi connectivity index (χ0) is 8.72. The number of thiophene rings is 1. The number of hydrogen-bond acceptors (Lipinski definition) is 4. The van der Waals surface area contributed by atoms with Gasteiger partial charge in [-0.3, -0.25) is 9.59 Å². The van der Waals surface area contributed by atoms with Gasteiger partial charge in [-0.2, -0.15) is 0 Å². The number of ketones is 1. The van der Waals surface area contributed by atoms with Crippen molar-refractivity contribution in [3.05, 3.63) is 14.2 Å². The Morgan fingerprint density at radius 1 is 1.58 bits per heavy atom. The number of Topliss-reactive ketones (excluding diaryl/α,β-unsaturated/α-hetero) is 1. The van der Waals surface area contributed by atoms with Gasteiger partial charge in [0.05, 0.1) is 26.5 Å². The van der Waals surface area contributed by atoms with E-state index in [1.54, 1.807) is 0 Å².